The summed E-state index contributed by atoms with van der Waals surface area (Å²) in [5, 5.41) is 7.72. The van der Waals surface area contributed by atoms with Gasteiger partial charge in [0, 0.05) is 6.54 Å². The number of anilines is 1. The normalized spacial score (nSPS) is 10.3. The van der Waals surface area contributed by atoms with Crippen LogP contribution in [0, 0.1) is 0 Å². The molecule has 19 heavy (non-hydrogen) atoms. The Kier molecular flexibility index (Phi) is 3.28. The van der Waals surface area contributed by atoms with E-state index in [1.54, 1.807) is 0 Å². The molecule has 0 radical (unpaired) electrons. The van der Waals surface area contributed by atoms with Crippen molar-refractivity contribution in [3.05, 3.63) is 78.6 Å². The van der Waals surface area contributed by atoms with E-state index < -0.39 is 0 Å². The molecule has 3 heteroatoms. The van der Waals surface area contributed by atoms with Crippen molar-refractivity contribution in [1.29, 1.82) is 0 Å². The summed E-state index contributed by atoms with van der Waals surface area (Å²) >= 11 is 0. The molecule has 0 bridgehead atoms. The Morgan fingerprint density at radius 1 is 0.895 bits per heavy atom. The van der Waals surface area contributed by atoms with Crippen molar-refractivity contribution in [3.63, 3.8) is 0 Å². The van der Waals surface area contributed by atoms with Crippen LogP contribution in [0.4, 0.5) is 5.69 Å². The molecule has 0 atom stereocenters. The highest BCUT2D eigenvalue weighted by Gasteiger charge is 2.00. The predicted octanol–water partition coefficient (Wildman–Crippen LogP) is 3.48. The van der Waals surface area contributed by atoms with Crippen molar-refractivity contribution in [2.45, 2.75) is 6.54 Å². The second-order valence-electron chi connectivity index (χ2n) is 4.35. The largest absolute Gasteiger partial charge is 0.378 e. The highest BCUT2D eigenvalue weighted by Crippen LogP contribution is 2.12. The zero-order valence-corrected chi connectivity index (χ0v) is 10.5. The van der Waals surface area contributed by atoms with E-state index in [-0.39, 0.29) is 0 Å². The summed E-state index contributed by atoms with van der Waals surface area (Å²) in [5.41, 5.74) is 3.35. The molecular formula is C16H15N3. The number of hydrogen-bond donors (Lipinski definition) is 1. The molecular weight excluding hydrogens is 234 g/mol. The average molecular weight is 249 g/mol. The van der Waals surface area contributed by atoms with Gasteiger partial charge in [-0.25, -0.2) is 4.68 Å². The first-order valence-electron chi connectivity index (χ1n) is 6.30. The van der Waals surface area contributed by atoms with Gasteiger partial charge in [0.2, 0.25) is 0 Å². The zero-order valence-electron chi connectivity index (χ0n) is 10.5. The molecule has 3 aromatic rings. The van der Waals surface area contributed by atoms with Crippen LogP contribution >= 0.6 is 0 Å². The molecule has 2 aromatic carbocycles. The summed E-state index contributed by atoms with van der Waals surface area (Å²) in [6.45, 7) is 0.807. The molecule has 0 spiro atoms. The van der Waals surface area contributed by atoms with Crippen molar-refractivity contribution >= 4 is 5.69 Å². The minimum absolute atomic E-state index is 0.807. The summed E-state index contributed by atoms with van der Waals surface area (Å²) < 4.78 is 1.87. The van der Waals surface area contributed by atoms with Crippen LogP contribution in [0.1, 0.15) is 5.56 Å². The van der Waals surface area contributed by atoms with Crippen LogP contribution in [0.2, 0.25) is 0 Å². The second kappa shape index (κ2) is 5.40. The fourth-order valence-electron chi connectivity index (χ4n) is 1.94. The van der Waals surface area contributed by atoms with E-state index in [4.69, 9.17) is 0 Å². The van der Waals surface area contributed by atoms with Gasteiger partial charge in [-0.3, -0.25) is 0 Å². The molecule has 3 rings (SSSR count). The standard InChI is InChI=1S/C16H15N3/c1-3-7-14(8-4-1)11-17-15-12-18-19(13-15)16-9-5-2-6-10-16/h1-10,12-13,17H,11H2. The third-order valence-corrected chi connectivity index (χ3v) is 2.94. The van der Waals surface area contributed by atoms with Crippen LogP contribution < -0.4 is 5.32 Å². The fourth-order valence-corrected chi connectivity index (χ4v) is 1.94. The molecule has 0 unspecified atom stereocenters. The topological polar surface area (TPSA) is 29.9 Å². The number of para-hydroxylation sites is 1. The van der Waals surface area contributed by atoms with Crippen molar-refractivity contribution in [1.82, 2.24) is 9.78 Å². The number of nitrogens with zero attached hydrogens (tertiary/aromatic N) is 2. The van der Waals surface area contributed by atoms with Gasteiger partial charge in [0.05, 0.1) is 23.8 Å². The third-order valence-electron chi connectivity index (χ3n) is 2.94. The maximum absolute atomic E-state index is 4.35. The molecule has 0 saturated carbocycles. The Labute approximate surface area is 112 Å². The van der Waals surface area contributed by atoms with Crippen LogP contribution in [0.5, 0.6) is 0 Å². The smallest absolute Gasteiger partial charge is 0.0733 e. The van der Waals surface area contributed by atoms with Crippen molar-refractivity contribution in [2.75, 3.05) is 5.32 Å². The Balaban J connectivity index is 1.69. The van der Waals surface area contributed by atoms with Crippen LogP contribution in [0.3, 0.4) is 0 Å². The summed E-state index contributed by atoms with van der Waals surface area (Å²) in [5.74, 6) is 0. The van der Waals surface area contributed by atoms with E-state index in [0.717, 1.165) is 17.9 Å². The number of benzene rings is 2. The summed E-state index contributed by atoms with van der Waals surface area (Å²) in [6.07, 6.45) is 3.84. The Hall–Kier alpha value is -2.55. The van der Waals surface area contributed by atoms with Crippen molar-refractivity contribution in [2.24, 2.45) is 0 Å². The lowest BCUT2D eigenvalue weighted by Crippen LogP contribution is -1.98. The van der Waals surface area contributed by atoms with Crippen molar-refractivity contribution in [3.8, 4) is 5.69 Å². The lowest BCUT2D eigenvalue weighted by Gasteiger charge is -2.03. The highest BCUT2D eigenvalue weighted by atomic mass is 15.3. The summed E-state index contributed by atoms with van der Waals surface area (Å²) in [7, 11) is 0. The predicted molar refractivity (Wildman–Crippen MR) is 77.3 cm³/mol. The summed E-state index contributed by atoms with van der Waals surface area (Å²) in [4.78, 5) is 0. The molecule has 0 fully saturated rings. The van der Waals surface area contributed by atoms with Crippen LogP contribution in [0.15, 0.2) is 73.1 Å². The van der Waals surface area contributed by atoms with Crippen LogP contribution in [-0.4, -0.2) is 9.78 Å². The molecule has 1 heterocycles. The van der Waals surface area contributed by atoms with E-state index in [1.165, 1.54) is 5.56 Å². The SMILES string of the molecule is c1ccc(CNc2cnn(-c3ccccc3)c2)cc1. The Bertz CT molecular complexity index is 629. The molecule has 0 aliphatic heterocycles. The second-order valence-corrected chi connectivity index (χ2v) is 4.35. The first-order chi connectivity index (χ1) is 9.42. The molecule has 1 aromatic heterocycles. The fraction of sp³-hybridized carbons (Fsp3) is 0.0625. The molecule has 0 saturated heterocycles. The molecule has 0 amide bonds. The lowest BCUT2D eigenvalue weighted by molar-refractivity contribution is 0.880. The van der Waals surface area contributed by atoms with E-state index in [2.05, 4.69) is 22.5 Å². The monoisotopic (exact) mass is 249 g/mol. The van der Waals surface area contributed by atoms with Gasteiger partial charge < -0.3 is 5.32 Å². The maximum atomic E-state index is 4.35. The van der Waals surface area contributed by atoms with Gasteiger partial charge in [0.25, 0.3) is 0 Å². The van der Waals surface area contributed by atoms with Gasteiger partial charge in [0.1, 0.15) is 0 Å². The first-order valence-corrected chi connectivity index (χ1v) is 6.30. The number of aromatic nitrogens is 2. The molecule has 1 N–H and O–H groups in total. The van der Waals surface area contributed by atoms with Gasteiger partial charge in [-0.1, -0.05) is 48.5 Å². The minimum Gasteiger partial charge on any atom is -0.378 e. The minimum atomic E-state index is 0.807. The van der Waals surface area contributed by atoms with E-state index in [0.29, 0.717) is 0 Å². The third kappa shape index (κ3) is 2.83. The summed E-state index contributed by atoms with van der Waals surface area (Å²) in [6, 6.07) is 20.4. The van der Waals surface area contributed by atoms with E-state index in [1.807, 2.05) is 65.6 Å². The number of nitrogens with one attached hydrogen (secondary N) is 1. The molecule has 0 aliphatic rings. The highest BCUT2D eigenvalue weighted by molar-refractivity contribution is 5.42. The van der Waals surface area contributed by atoms with Gasteiger partial charge in [-0.05, 0) is 17.7 Å². The Morgan fingerprint density at radius 3 is 2.32 bits per heavy atom. The first kappa shape index (κ1) is 11.5. The van der Waals surface area contributed by atoms with Gasteiger partial charge in [0.15, 0.2) is 0 Å². The Morgan fingerprint density at radius 2 is 1.58 bits per heavy atom. The maximum Gasteiger partial charge on any atom is 0.0733 e. The van der Waals surface area contributed by atoms with Gasteiger partial charge in [-0.15, -0.1) is 0 Å². The number of rotatable bonds is 4. The van der Waals surface area contributed by atoms with Crippen LogP contribution in [0.25, 0.3) is 5.69 Å². The average Bonchev–Trinajstić information content (AvgIpc) is 2.96. The lowest BCUT2D eigenvalue weighted by atomic mass is 10.2. The van der Waals surface area contributed by atoms with Gasteiger partial charge in [-0.2, -0.15) is 5.10 Å². The zero-order chi connectivity index (χ0) is 12.9. The van der Waals surface area contributed by atoms with Crippen molar-refractivity contribution < 1.29 is 0 Å². The molecule has 0 aliphatic carbocycles. The van der Waals surface area contributed by atoms with E-state index >= 15 is 0 Å². The number of hydrogen-bond acceptors (Lipinski definition) is 2. The van der Waals surface area contributed by atoms with Crippen LogP contribution in [-0.2, 0) is 6.54 Å². The molecule has 3 nitrogen and oxygen atoms in total. The van der Waals surface area contributed by atoms with E-state index in [9.17, 15) is 0 Å². The van der Waals surface area contributed by atoms with Gasteiger partial charge >= 0.3 is 0 Å². The molecule has 94 valence electrons. The quantitative estimate of drug-likeness (QED) is 0.767.